The lowest BCUT2D eigenvalue weighted by atomic mass is 9.92. The summed E-state index contributed by atoms with van der Waals surface area (Å²) in [6, 6.07) is 9.55. The molecule has 0 radical (unpaired) electrons. The minimum Gasteiger partial charge on any atom is -0.490 e. The normalized spacial score (nSPS) is 26.4. The maximum Gasteiger partial charge on any atom is 0.417 e. The first-order chi connectivity index (χ1) is 29.2. The van der Waals surface area contributed by atoms with E-state index in [1.807, 2.05) is 4.90 Å². The Bertz CT molecular complexity index is 2330. The van der Waals surface area contributed by atoms with Gasteiger partial charge in [0.25, 0.3) is 17.7 Å². The van der Waals surface area contributed by atoms with Crippen LogP contribution in [0.2, 0.25) is 0 Å². The number of hydrogen-bond acceptors (Lipinski definition) is 12. The van der Waals surface area contributed by atoms with E-state index >= 15 is 4.39 Å². The SMILES string of the molecule is N#Cc1ccc(OC2CCC(NC(=O)c3ccc(N4CCN(CC5[C@H]6CN(c7cc8c(cc7F)C(=O)N(C7CCC(=O)NC7=O)C8=O)C[C@@H]56)CC4)nn3)CC2)cc1C(F)(F)F. The highest BCUT2D eigenvalue weighted by Gasteiger charge is 2.56. The number of aromatic nitrogens is 2. The number of ether oxygens (including phenoxy) is 1. The van der Waals surface area contributed by atoms with E-state index in [2.05, 4.69) is 30.6 Å². The number of alkyl halides is 3. The summed E-state index contributed by atoms with van der Waals surface area (Å²) in [5.74, 6) is -1.61. The van der Waals surface area contributed by atoms with Gasteiger partial charge in [0.1, 0.15) is 17.6 Å². The number of nitrogens with zero attached hydrogens (tertiary/aromatic N) is 7. The van der Waals surface area contributed by atoms with E-state index in [1.165, 1.54) is 12.1 Å². The quantitative estimate of drug-likeness (QED) is 0.237. The summed E-state index contributed by atoms with van der Waals surface area (Å²) < 4.78 is 61.3. The molecule has 15 nitrogen and oxygen atoms in total. The highest BCUT2D eigenvalue weighted by atomic mass is 19.4. The van der Waals surface area contributed by atoms with Crippen molar-refractivity contribution in [2.75, 3.05) is 55.6 Å². The van der Waals surface area contributed by atoms with Crippen molar-refractivity contribution in [2.45, 2.75) is 62.9 Å². The first-order valence-corrected chi connectivity index (χ1v) is 20.5. The number of imide groups is 2. The average molecular weight is 844 g/mol. The van der Waals surface area contributed by atoms with E-state index in [0.717, 1.165) is 55.8 Å². The second-order valence-electron chi connectivity index (χ2n) is 16.6. The number of hydrogen-bond donors (Lipinski definition) is 2. The summed E-state index contributed by atoms with van der Waals surface area (Å²) in [7, 11) is 0. The molecule has 3 saturated heterocycles. The number of amides is 5. The lowest BCUT2D eigenvalue weighted by molar-refractivity contribution is -0.138. The third kappa shape index (κ3) is 7.84. The van der Waals surface area contributed by atoms with Crippen molar-refractivity contribution in [1.82, 2.24) is 30.6 Å². The number of piperazine rings is 1. The smallest absolute Gasteiger partial charge is 0.417 e. The Balaban J connectivity index is 0.708. The Morgan fingerprint density at radius 1 is 0.885 bits per heavy atom. The number of carbonyl (C=O) groups excluding carboxylic acids is 5. The predicted molar refractivity (Wildman–Crippen MR) is 207 cm³/mol. The lowest BCUT2D eigenvalue weighted by Gasteiger charge is -2.35. The highest BCUT2D eigenvalue weighted by molar-refractivity contribution is 6.23. The third-order valence-electron chi connectivity index (χ3n) is 13.0. The largest absolute Gasteiger partial charge is 0.490 e. The monoisotopic (exact) mass is 843 g/mol. The number of piperidine rings is 2. The van der Waals surface area contributed by atoms with Crippen LogP contribution in [0.1, 0.15) is 80.9 Å². The van der Waals surface area contributed by atoms with Crippen molar-refractivity contribution >= 4 is 41.0 Å². The molecule has 1 aromatic heterocycles. The highest BCUT2D eigenvalue weighted by Crippen LogP contribution is 2.53. The number of nitrogens with one attached hydrogen (secondary N) is 2. The summed E-state index contributed by atoms with van der Waals surface area (Å²) >= 11 is 0. The number of rotatable bonds is 9. The fourth-order valence-corrected chi connectivity index (χ4v) is 9.62. The zero-order valence-electron chi connectivity index (χ0n) is 32.8. The van der Waals surface area contributed by atoms with Gasteiger partial charge in [0.05, 0.1) is 40.1 Å². The van der Waals surface area contributed by atoms with Crippen molar-refractivity contribution in [3.05, 3.63) is 76.2 Å². The molecule has 0 spiro atoms. The molecule has 5 heterocycles. The van der Waals surface area contributed by atoms with Gasteiger partial charge in [-0.25, -0.2) is 4.39 Å². The van der Waals surface area contributed by atoms with Gasteiger partial charge in [-0.05, 0) is 92.3 Å². The first kappa shape index (κ1) is 40.3. The number of anilines is 2. The fraction of sp³-hybridized carbons (Fsp3) is 0.476. The summed E-state index contributed by atoms with van der Waals surface area (Å²) in [5, 5.41) is 22.7. The van der Waals surface area contributed by atoms with Crippen LogP contribution in [-0.2, 0) is 15.8 Å². The third-order valence-corrected chi connectivity index (χ3v) is 13.0. The molecule has 2 N–H and O–H groups in total. The van der Waals surface area contributed by atoms with Crippen LogP contribution in [0.3, 0.4) is 0 Å². The van der Waals surface area contributed by atoms with Crippen LogP contribution in [0.25, 0.3) is 0 Å². The van der Waals surface area contributed by atoms with Crippen LogP contribution in [0, 0.1) is 34.9 Å². The van der Waals surface area contributed by atoms with Gasteiger partial charge in [-0.1, -0.05) is 0 Å². The van der Waals surface area contributed by atoms with Crippen molar-refractivity contribution in [1.29, 1.82) is 5.26 Å². The molecule has 3 aromatic rings. The lowest BCUT2D eigenvalue weighted by Crippen LogP contribution is -2.54. The molecule has 2 aliphatic carbocycles. The van der Waals surface area contributed by atoms with Crippen LogP contribution in [0.4, 0.5) is 29.1 Å². The maximum absolute atomic E-state index is 15.4. The minimum absolute atomic E-state index is 0.00167. The average Bonchev–Trinajstić information content (AvgIpc) is 3.54. The number of benzene rings is 2. The van der Waals surface area contributed by atoms with Gasteiger partial charge in [-0.3, -0.25) is 39.1 Å². The van der Waals surface area contributed by atoms with Crippen LogP contribution in [0.15, 0.2) is 42.5 Å². The van der Waals surface area contributed by atoms with Crippen molar-refractivity contribution < 1.29 is 46.3 Å². The summed E-state index contributed by atoms with van der Waals surface area (Å²) in [5.41, 5.74) is -1.07. The molecule has 61 heavy (non-hydrogen) atoms. The zero-order valence-corrected chi connectivity index (χ0v) is 32.8. The van der Waals surface area contributed by atoms with Crippen molar-refractivity contribution in [3.8, 4) is 11.8 Å². The van der Waals surface area contributed by atoms with E-state index in [0.29, 0.717) is 62.3 Å². The molecule has 6 aliphatic rings. The number of nitriles is 1. The van der Waals surface area contributed by atoms with Gasteiger partial charge in [-0.15, -0.1) is 10.2 Å². The van der Waals surface area contributed by atoms with E-state index in [-0.39, 0.29) is 59.2 Å². The summed E-state index contributed by atoms with van der Waals surface area (Å²) in [6.07, 6.45) is -2.76. The van der Waals surface area contributed by atoms with E-state index in [4.69, 9.17) is 10.00 Å². The summed E-state index contributed by atoms with van der Waals surface area (Å²) in [6.45, 7) is 5.23. The zero-order chi connectivity index (χ0) is 42.7. The molecule has 318 valence electrons. The van der Waals surface area contributed by atoms with Crippen LogP contribution >= 0.6 is 0 Å². The topological polar surface area (TPSA) is 181 Å². The molecule has 2 unspecified atom stereocenters. The molecule has 9 rings (SSSR count). The first-order valence-electron chi connectivity index (χ1n) is 20.5. The number of carbonyl (C=O) groups is 5. The van der Waals surface area contributed by atoms with Gasteiger partial charge < -0.3 is 19.9 Å². The molecular weight excluding hydrogens is 803 g/mol. The van der Waals surface area contributed by atoms with Crippen molar-refractivity contribution in [3.63, 3.8) is 0 Å². The predicted octanol–water partition coefficient (Wildman–Crippen LogP) is 3.53. The molecule has 5 fully saturated rings. The van der Waals surface area contributed by atoms with E-state index in [9.17, 15) is 37.1 Å². The van der Waals surface area contributed by atoms with Gasteiger partial charge in [-0.2, -0.15) is 18.4 Å². The molecular formula is C42H41F4N9O6. The Morgan fingerprint density at radius 2 is 1.59 bits per heavy atom. The van der Waals surface area contributed by atoms with Gasteiger partial charge in [0.15, 0.2) is 11.5 Å². The van der Waals surface area contributed by atoms with Gasteiger partial charge in [0.2, 0.25) is 11.8 Å². The van der Waals surface area contributed by atoms with Gasteiger partial charge in [0, 0.05) is 58.3 Å². The Labute approximate surface area is 347 Å². The number of halogens is 4. The number of fused-ring (bicyclic) bond motifs is 2. The van der Waals surface area contributed by atoms with E-state index < -0.39 is 52.8 Å². The van der Waals surface area contributed by atoms with E-state index in [1.54, 1.807) is 18.2 Å². The molecule has 0 bridgehead atoms. The molecule has 2 saturated carbocycles. The standard InChI is InChI=1S/C42H41F4N9O6/c43-32-16-26-27(41(60)55(40(26)59)34-8-10-37(56)49-39(34)58)17-35(32)54-20-29-28(30(29)21-54)19-52-11-13-53(14-12-52)36-9-7-33(50-51-36)38(57)48-23-2-5-24(6-3-23)61-25-4-1-22(18-47)31(15-25)42(44,45)46/h1,4,7,9,15-17,23-24,28-30,34H,2-3,5-6,8,10-14,19-21H2,(H,48,57)(H,49,56,58)/t23?,24?,28?,29-,30+,34?. The second-order valence-corrected chi connectivity index (χ2v) is 16.6. The molecule has 4 aliphatic heterocycles. The Morgan fingerprint density at radius 3 is 2.23 bits per heavy atom. The van der Waals surface area contributed by atoms with Crippen LogP contribution in [0.5, 0.6) is 5.75 Å². The molecule has 2 aromatic carbocycles. The van der Waals surface area contributed by atoms with Crippen LogP contribution in [-0.4, -0.2) is 114 Å². The minimum atomic E-state index is -4.67. The van der Waals surface area contributed by atoms with Crippen LogP contribution < -0.4 is 25.2 Å². The Hall–Kier alpha value is -6.16. The summed E-state index contributed by atoms with van der Waals surface area (Å²) in [4.78, 5) is 70.7. The van der Waals surface area contributed by atoms with Crippen molar-refractivity contribution in [2.24, 2.45) is 17.8 Å². The molecule has 4 atom stereocenters. The van der Waals surface area contributed by atoms with Gasteiger partial charge >= 0.3 is 6.18 Å². The Kier molecular flexibility index (Phi) is 10.4. The molecule has 5 amide bonds. The fourth-order valence-electron chi connectivity index (χ4n) is 9.62. The molecule has 19 heteroatoms. The second kappa shape index (κ2) is 15.7. The maximum atomic E-state index is 15.4.